The summed E-state index contributed by atoms with van der Waals surface area (Å²) in [5, 5.41) is 11.5. The number of ether oxygens (including phenoxy) is 1. The SMILES string of the molecule is CC(C)OCCCN/C(=N\C#N)N(C)C. The molecular formula is C10H20N4O. The molecule has 0 aliphatic carbocycles. The lowest BCUT2D eigenvalue weighted by molar-refractivity contribution is 0.0776. The number of hydrogen-bond donors (Lipinski definition) is 1. The third kappa shape index (κ3) is 7.77. The van der Waals surface area contributed by atoms with E-state index in [0.29, 0.717) is 5.96 Å². The second-order valence-corrected chi connectivity index (χ2v) is 3.63. The monoisotopic (exact) mass is 212 g/mol. The number of nitriles is 1. The predicted molar refractivity (Wildman–Crippen MR) is 60.4 cm³/mol. The zero-order valence-electron chi connectivity index (χ0n) is 9.95. The molecule has 0 aromatic rings. The number of nitrogens with zero attached hydrogens (tertiary/aromatic N) is 3. The summed E-state index contributed by atoms with van der Waals surface area (Å²) < 4.78 is 5.39. The molecule has 0 rings (SSSR count). The maximum atomic E-state index is 8.43. The Morgan fingerprint density at radius 3 is 2.67 bits per heavy atom. The van der Waals surface area contributed by atoms with E-state index in [-0.39, 0.29) is 6.10 Å². The van der Waals surface area contributed by atoms with Gasteiger partial charge in [-0.05, 0) is 20.3 Å². The van der Waals surface area contributed by atoms with Gasteiger partial charge in [0.1, 0.15) is 0 Å². The molecule has 0 fully saturated rings. The Morgan fingerprint density at radius 1 is 1.53 bits per heavy atom. The fraction of sp³-hybridized carbons (Fsp3) is 0.800. The predicted octanol–water partition coefficient (Wildman–Crippen LogP) is 0.790. The number of guanidine groups is 1. The molecule has 0 unspecified atom stereocenters. The van der Waals surface area contributed by atoms with E-state index in [1.807, 2.05) is 27.9 Å². The van der Waals surface area contributed by atoms with Crippen LogP contribution in [0.1, 0.15) is 20.3 Å². The third-order valence-corrected chi connectivity index (χ3v) is 1.63. The normalized spacial score (nSPS) is 11.3. The molecule has 0 heterocycles. The van der Waals surface area contributed by atoms with Gasteiger partial charge in [0.15, 0.2) is 0 Å². The minimum Gasteiger partial charge on any atom is -0.379 e. The smallest absolute Gasteiger partial charge is 0.209 e. The highest BCUT2D eigenvalue weighted by Gasteiger charge is 2.00. The highest BCUT2D eigenvalue weighted by Crippen LogP contribution is 1.89. The van der Waals surface area contributed by atoms with Gasteiger partial charge in [-0.3, -0.25) is 0 Å². The molecule has 0 saturated heterocycles. The van der Waals surface area contributed by atoms with Crippen molar-refractivity contribution in [2.45, 2.75) is 26.4 Å². The van der Waals surface area contributed by atoms with Crippen LogP contribution in [0.5, 0.6) is 0 Å². The van der Waals surface area contributed by atoms with E-state index < -0.39 is 0 Å². The minimum absolute atomic E-state index is 0.270. The zero-order valence-corrected chi connectivity index (χ0v) is 9.95. The van der Waals surface area contributed by atoms with Gasteiger partial charge >= 0.3 is 0 Å². The van der Waals surface area contributed by atoms with Gasteiger partial charge < -0.3 is 15.0 Å². The van der Waals surface area contributed by atoms with Crippen molar-refractivity contribution in [3.05, 3.63) is 0 Å². The van der Waals surface area contributed by atoms with E-state index in [1.54, 1.807) is 11.1 Å². The van der Waals surface area contributed by atoms with Crippen LogP contribution in [0.25, 0.3) is 0 Å². The summed E-state index contributed by atoms with van der Waals surface area (Å²) in [6.45, 7) is 5.50. The highest BCUT2D eigenvalue weighted by atomic mass is 16.5. The second kappa shape index (κ2) is 8.06. The summed E-state index contributed by atoms with van der Waals surface area (Å²) in [5.41, 5.74) is 0. The molecule has 5 nitrogen and oxygen atoms in total. The van der Waals surface area contributed by atoms with Crippen molar-refractivity contribution in [2.24, 2.45) is 4.99 Å². The van der Waals surface area contributed by atoms with Crippen molar-refractivity contribution in [1.82, 2.24) is 10.2 Å². The van der Waals surface area contributed by atoms with Gasteiger partial charge in [-0.15, -0.1) is 4.99 Å². The van der Waals surface area contributed by atoms with E-state index in [9.17, 15) is 0 Å². The van der Waals surface area contributed by atoms with Gasteiger partial charge in [-0.25, -0.2) is 0 Å². The summed E-state index contributed by atoms with van der Waals surface area (Å²) in [6, 6.07) is 0. The van der Waals surface area contributed by atoms with E-state index in [1.165, 1.54) is 0 Å². The zero-order chi connectivity index (χ0) is 11.7. The number of nitrogens with one attached hydrogen (secondary N) is 1. The van der Waals surface area contributed by atoms with Crippen molar-refractivity contribution >= 4 is 5.96 Å². The summed E-state index contributed by atoms with van der Waals surface area (Å²) in [7, 11) is 3.68. The first-order valence-electron chi connectivity index (χ1n) is 5.07. The molecule has 0 atom stereocenters. The van der Waals surface area contributed by atoms with E-state index in [4.69, 9.17) is 10.00 Å². The Kier molecular flexibility index (Phi) is 7.38. The molecular weight excluding hydrogens is 192 g/mol. The average Bonchev–Trinajstić information content (AvgIpc) is 2.15. The molecule has 0 amide bonds. The lowest BCUT2D eigenvalue weighted by atomic mass is 10.4. The van der Waals surface area contributed by atoms with Gasteiger partial charge in [0.2, 0.25) is 12.2 Å². The van der Waals surface area contributed by atoms with Crippen LogP contribution in [0.3, 0.4) is 0 Å². The Morgan fingerprint density at radius 2 is 2.20 bits per heavy atom. The Hall–Kier alpha value is -1.28. The number of hydrogen-bond acceptors (Lipinski definition) is 3. The van der Waals surface area contributed by atoms with Gasteiger partial charge in [0.05, 0.1) is 6.10 Å². The lowest BCUT2D eigenvalue weighted by Crippen LogP contribution is -2.37. The third-order valence-electron chi connectivity index (χ3n) is 1.63. The first-order chi connectivity index (χ1) is 7.07. The maximum Gasteiger partial charge on any atom is 0.209 e. The van der Waals surface area contributed by atoms with Crippen LogP contribution < -0.4 is 5.32 Å². The van der Waals surface area contributed by atoms with Crippen molar-refractivity contribution in [2.75, 3.05) is 27.2 Å². The standard InChI is InChI=1S/C10H20N4O/c1-9(2)15-7-5-6-12-10(13-8-11)14(3)4/h9H,5-7H2,1-4H3,(H,12,13). The Balaban J connectivity index is 3.65. The first kappa shape index (κ1) is 13.7. The summed E-state index contributed by atoms with van der Waals surface area (Å²) in [6.07, 6.45) is 2.93. The molecule has 0 aliphatic rings. The Bertz CT molecular complexity index is 230. The highest BCUT2D eigenvalue weighted by molar-refractivity contribution is 5.80. The average molecular weight is 212 g/mol. The van der Waals surface area contributed by atoms with E-state index in [2.05, 4.69) is 10.3 Å². The van der Waals surface area contributed by atoms with Gasteiger partial charge in [0, 0.05) is 27.2 Å². The Labute approximate surface area is 91.7 Å². The van der Waals surface area contributed by atoms with E-state index in [0.717, 1.165) is 19.6 Å². The molecule has 0 saturated carbocycles. The molecule has 0 aromatic heterocycles. The van der Waals surface area contributed by atoms with Crippen molar-refractivity contribution in [1.29, 1.82) is 5.26 Å². The summed E-state index contributed by atoms with van der Waals surface area (Å²) in [5.74, 6) is 0.585. The van der Waals surface area contributed by atoms with E-state index >= 15 is 0 Å². The fourth-order valence-corrected chi connectivity index (χ4v) is 0.936. The summed E-state index contributed by atoms with van der Waals surface area (Å²) in [4.78, 5) is 5.42. The topological polar surface area (TPSA) is 60.6 Å². The van der Waals surface area contributed by atoms with Crippen molar-refractivity contribution in [3.63, 3.8) is 0 Å². The van der Waals surface area contributed by atoms with Crippen LogP contribution in [-0.4, -0.2) is 44.2 Å². The first-order valence-corrected chi connectivity index (χ1v) is 5.07. The second-order valence-electron chi connectivity index (χ2n) is 3.63. The van der Waals surface area contributed by atoms with Crippen LogP contribution in [-0.2, 0) is 4.74 Å². The molecule has 86 valence electrons. The lowest BCUT2D eigenvalue weighted by Gasteiger charge is -2.16. The molecule has 0 aliphatic heterocycles. The number of rotatable bonds is 5. The molecule has 0 spiro atoms. The van der Waals surface area contributed by atoms with Crippen molar-refractivity contribution < 1.29 is 4.74 Å². The fourth-order valence-electron chi connectivity index (χ4n) is 0.936. The molecule has 0 aromatic carbocycles. The molecule has 1 N–H and O–H groups in total. The molecule has 0 bridgehead atoms. The quantitative estimate of drug-likeness (QED) is 0.317. The van der Waals surface area contributed by atoms with Crippen LogP contribution in [0.15, 0.2) is 4.99 Å². The van der Waals surface area contributed by atoms with Crippen LogP contribution in [0, 0.1) is 11.5 Å². The summed E-state index contributed by atoms with van der Waals surface area (Å²) >= 11 is 0. The van der Waals surface area contributed by atoms with Gasteiger partial charge in [-0.1, -0.05) is 0 Å². The van der Waals surface area contributed by atoms with Crippen LogP contribution >= 0.6 is 0 Å². The largest absolute Gasteiger partial charge is 0.379 e. The number of aliphatic imine (C=N–C) groups is 1. The van der Waals surface area contributed by atoms with Gasteiger partial charge in [-0.2, -0.15) is 5.26 Å². The van der Waals surface area contributed by atoms with Crippen molar-refractivity contribution in [3.8, 4) is 6.19 Å². The molecule has 15 heavy (non-hydrogen) atoms. The minimum atomic E-state index is 0.270. The van der Waals surface area contributed by atoms with Gasteiger partial charge in [0.25, 0.3) is 0 Å². The van der Waals surface area contributed by atoms with Crippen LogP contribution in [0.2, 0.25) is 0 Å². The van der Waals surface area contributed by atoms with Crippen LogP contribution in [0.4, 0.5) is 0 Å². The maximum absolute atomic E-state index is 8.43. The molecule has 5 heteroatoms. The molecule has 0 radical (unpaired) electrons.